The van der Waals surface area contributed by atoms with Crippen molar-refractivity contribution >= 4 is 5.97 Å². The molecule has 0 aromatic carbocycles. The van der Waals surface area contributed by atoms with E-state index in [1.165, 1.54) is 6.08 Å². The number of halogens is 2. The molecule has 2 rings (SSSR count). The highest BCUT2D eigenvalue weighted by atomic mass is 19.1. The zero-order chi connectivity index (χ0) is 16.1. The van der Waals surface area contributed by atoms with Gasteiger partial charge in [-0.25, -0.2) is 13.6 Å². The zero-order valence-corrected chi connectivity index (χ0v) is 12.9. The Hall–Kier alpha value is -1.44. The summed E-state index contributed by atoms with van der Waals surface area (Å²) in [5.74, 6) is -0.649. The van der Waals surface area contributed by atoms with Gasteiger partial charge in [0.1, 0.15) is 24.4 Å². The van der Waals surface area contributed by atoms with Crippen LogP contribution in [0.1, 0.15) is 45.4 Å². The van der Waals surface area contributed by atoms with E-state index in [9.17, 15) is 13.6 Å². The van der Waals surface area contributed by atoms with Gasteiger partial charge in [-0.05, 0) is 24.7 Å². The van der Waals surface area contributed by atoms with Gasteiger partial charge in [0, 0.05) is 18.9 Å². The number of allylic oxidation sites excluding steroid dienone is 1. The largest absolute Gasteiger partial charge is 0.459 e. The second-order valence-electron chi connectivity index (χ2n) is 6.60. The molecule has 0 aromatic heterocycles. The summed E-state index contributed by atoms with van der Waals surface area (Å²) in [6.45, 7) is 2.23. The first-order valence-corrected chi connectivity index (χ1v) is 8.06. The molecule has 3 nitrogen and oxygen atoms in total. The minimum absolute atomic E-state index is 0.0980. The number of esters is 1. The summed E-state index contributed by atoms with van der Waals surface area (Å²) in [6.07, 6.45) is 3.58. The molecule has 2 saturated carbocycles. The number of alkyl halides is 2. The van der Waals surface area contributed by atoms with E-state index in [0.29, 0.717) is 5.92 Å². The lowest BCUT2D eigenvalue weighted by molar-refractivity contribution is -0.147. The molecule has 2 atom stereocenters. The smallest absolute Gasteiger partial charge is 0.330 e. The summed E-state index contributed by atoms with van der Waals surface area (Å²) < 4.78 is 32.4. The molecular formula is C17H23F2NO2. The lowest BCUT2D eigenvalue weighted by Crippen LogP contribution is -2.39. The molecule has 0 radical (unpaired) electrons. The fourth-order valence-corrected chi connectivity index (χ4v) is 3.27. The number of hydrogen-bond acceptors (Lipinski definition) is 3. The maximum absolute atomic E-state index is 13.6. The van der Waals surface area contributed by atoms with Crippen molar-refractivity contribution in [1.82, 2.24) is 0 Å². The predicted molar refractivity (Wildman–Crippen MR) is 78.3 cm³/mol. The Bertz CT molecular complexity index is 440. The SMILES string of the molecule is CC1CCC(/C=C/C(=O)OC2CC(F)C(C#N)C(F)C2)CC1. The summed E-state index contributed by atoms with van der Waals surface area (Å²) in [7, 11) is 0. The summed E-state index contributed by atoms with van der Waals surface area (Å²) >= 11 is 0. The average molecular weight is 311 g/mol. The van der Waals surface area contributed by atoms with Crippen LogP contribution in [0, 0.1) is 29.1 Å². The highest BCUT2D eigenvalue weighted by Crippen LogP contribution is 2.32. The van der Waals surface area contributed by atoms with Crippen molar-refractivity contribution in [3.05, 3.63) is 12.2 Å². The van der Waals surface area contributed by atoms with Crippen LogP contribution in [0.15, 0.2) is 12.2 Å². The van der Waals surface area contributed by atoms with Gasteiger partial charge in [0.2, 0.25) is 0 Å². The molecule has 2 unspecified atom stereocenters. The van der Waals surface area contributed by atoms with Crippen LogP contribution in [0.2, 0.25) is 0 Å². The summed E-state index contributed by atoms with van der Waals surface area (Å²) in [5.41, 5.74) is 0. The number of carbonyl (C=O) groups is 1. The molecule has 122 valence electrons. The fourth-order valence-electron chi connectivity index (χ4n) is 3.27. The predicted octanol–water partition coefficient (Wildman–Crippen LogP) is 3.89. The van der Waals surface area contributed by atoms with Gasteiger partial charge in [-0.2, -0.15) is 5.26 Å². The molecule has 0 saturated heterocycles. The molecule has 0 spiro atoms. The van der Waals surface area contributed by atoms with E-state index in [-0.39, 0.29) is 12.8 Å². The van der Waals surface area contributed by atoms with Gasteiger partial charge in [-0.15, -0.1) is 0 Å². The highest BCUT2D eigenvalue weighted by Gasteiger charge is 2.40. The number of rotatable bonds is 3. The third-order valence-electron chi connectivity index (χ3n) is 4.75. The number of nitrogens with zero attached hydrogens (tertiary/aromatic N) is 1. The topological polar surface area (TPSA) is 50.1 Å². The third kappa shape index (κ3) is 4.53. The van der Waals surface area contributed by atoms with E-state index < -0.39 is 30.3 Å². The van der Waals surface area contributed by atoms with Gasteiger partial charge in [0.25, 0.3) is 0 Å². The Labute approximate surface area is 130 Å². The molecule has 0 N–H and O–H groups in total. The van der Waals surface area contributed by atoms with E-state index in [0.717, 1.165) is 31.6 Å². The third-order valence-corrected chi connectivity index (χ3v) is 4.75. The number of carbonyl (C=O) groups excluding carboxylic acids is 1. The van der Waals surface area contributed by atoms with E-state index in [4.69, 9.17) is 10.00 Å². The first-order valence-electron chi connectivity index (χ1n) is 8.06. The highest BCUT2D eigenvalue weighted by molar-refractivity contribution is 5.82. The number of nitriles is 1. The molecule has 22 heavy (non-hydrogen) atoms. The first kappa shape index (κ1) is 16.9. The van der Waals surface area contributed by atoms with Gasteiger partial charge in [-0.1, -0.05) is 25.8 Å². The van der Waals surface area contributed by atoms with E-state index in [1.807, 2.05) is 6.08 Å². The second-order valence-corrected chi connectivity index (χ2v) is 6.60. The molecule has 2 aliphatic carbocycles. The van der Waals surface area contributed by atoms with Crippen molar-refractivity contribution in [2.24, 2.45) is 17.8 Å². The van der Waals surface area contributed by atoms with Crippen LogP contribution >= 0.6 is 0 Å². The van der Waals surface area contributed by atoms with Crippen LogP contribution in [-0.2, 0) is 9.53 Å². The summed E-state index contributed by atoms with van der Waals surface area (Å²) in [4.78, 5) is 11.8. The average Bonchev–Trinajstić information content (AvgIpc) is 2.46. The Morgan fingerprint density at radius 3 is 2.32 bits per heavy atom. The number of hydrogen-bond donors (Lipinski definition) is 0. The van der Waals surface area contributed by atoms with E-state index in [1.54, 1.807) is 6.07 Å². The number of ether oxygens (including phenoxy) is 1. The Morgan fingerprint density at radius 2 is 1.77 bits per heavy atom. The quantitative estimate of drug-likeness (QED) is 0.587. The molecule has 2 aliphatic rings. The standard InChI is InChI=1S/C17H23F2NO2/c1-11-2-4-12(5-3-11)6-7-17(21)22-13-8-15(18)14(10-20)16(19)9-13/h6-7,11-16H,2-5,8-9H2,1H3/b7-6+. The minimum Gasteiger partial charge on any atom is -0.459 e. The van der Waals surface area contributed by atoms with Gasteiger partial charge in [0.15, 0.2) is 0 Å². The lowest BCUT2D eigenvalue weighted by Gasteiger charge is -2.30. The Balaban J connectivity index is 1.79. The summed E-state index contributed by atoms with van der Waals surface area (Å²) in [6, 6.07) is 1.64. The lowest BCUT2D eigenvalue weighted by atomic mass is 9.83. The van der Waals surface area contributed by atoms with Crippen LogP contribution < -0.4 is 0 Å². The van der Waals surface area contributed by atoms with Crippen molar-refractivity contribution < 1.29 is 18.3 Å². The van der Waals surface area contributed by atoms with Crippen LogP contribution in [-0.4, -0.2) is 24.4 Å². The minimum atomic E-state index is -1.57. The molecule has 2 fully saturated rings. The zero-order valence-electron chi connectivity index (χ0n) is 12.9. The molecule has 0 aromatic rings. The van der Waals surface area contributed by atoms with Gasteiger partial charge >= 0.3 is 5.97 Å². The monoisotopic (exact) mass is 311 g/mol. The van der Waals surface area contributed by atoms with Crippen LogP contribution in [0.4, 0.5) is 8.78 Å². The van der Waals surface area contributed by atoms with E-state index >= 15 is 0 Å². The van der Waals surface area contributed by atoms with Crippen LogP contribution in [0.25, 0.3) is 0 Å². The van der Waals surface area contributed by atoms with Crippen molar-refractivity contribution in [2.75, 3.05) is 0 Å². The van der Waals surface area contributed by atoms with Crippen molar-refractivity contribution in [3.8, 4) is 6.07 Å². The maximum Gasteiger partial charge on any atom is 0.330 e. The molecular weight excluding hydrogens is 288 g/mol. The molecule has 0 bridgehead atoms. The molecule has 5 heteroatoms. The Morgan fingerprint density at radius 1 is 1.18 bits per heavy atom. The van der Waals surface area contributed by atoms with Gasteiger partial charge in [0.05, 0.1) is 6.07 Å². The second kappa shape index (κ2) is 7.71. The van der Waals surface area contributed by atoms with Crippen LogP contribution in [0.5, 0.6) is 0 Å². The van der Waals surface area contributed by atoms with Gasteiger partial charge < -0.3 is 4.74 Å². The summed E-state index contributed by atoms with van der Waals surface area (Å²) in [5, 5.41) is 8.70. The first-order chi connectivity index (χ1) is 10.5. The van der Waals surface area contributed by atoms with Crippen LogP contribution in [0.3, 0.4) is 0 Å². The molecule has 0 heterocycles. The van der Waals surface area contributed by atoms with Crippen molar-refractivity contribution in [1.29, 1.82) is 5.26 Å². The normalized spacial score (nSPS) is 39.4. The molecule has 0 amide bonds. The maximum atomic E-state index is 13.6. The Kier molecular flexibility index (Phi) is 5.93. The fraction of sp³-hybridized carbons (Fsp3) is 0.765. The van der Waals surface area contributed by atoms with Crippen molar-refractivity contribution in [2.45, 2.75) is 63.9 Å². The van der Waals surface area contributed by atoms with Crippen molar-refractivity contribution in [3.63, 3.8) is 0 Å². The van der Waals surface area contributed by atoms with E-state index in [2.05, 4.69) is 6.92 Å². The van der Waals surface area contributed by atoms with Gasteiger partial charge in [-0.3, -0.25) is 0 Å². The molecule has 0 aliphatic heterocycles.